The van der Waals surface area contributed by atoms with Crippen molar-refractivity contribution in [2.45, 2.75) is 30.4 Å². The van der Waals surface area contributed by atoms with Crippen molar-refractivity contribution >= 4 is 33.0 Å². The van der Waals surface area contributed by atoms with Crippen LogP contribution in [0.15, 0.2) is 102 Å². The molecule has 2 N–H and O–H groups in total. The molecule has 2 aliphatic heterocycles. The highest BCUT2D eigenvalue weighted by atomic mass is 32.2. The predicted molar refractivity (Wildman–Crippen MR) is 200 cm³/mol. The second-order valence-corrected chi connectivity index (χ2v) is 15.4. The number of ether oxygens (including phenoxy) is 2. The Hall–Kier alpha value is -5.38. The summed E-state index contributed by atoms with van der Waals surface area (Å²) in [7, 11) is -2.21. The molecule has 282 valence electrons. The number of sulfonamides is 1. The Morgan fingerprint density at radius 3 is 2.30 bits per heavy atom. The molecular weight excluding hydrogens is 717 g/mol. The maximum Gasteiger partial charge on any atom is 0.255 e. The predicted octanol–water partition coefficient (Wildman–Crippen LogP) is 5.36. The van der Waals surface area contributed by atoms with Crippen molar-refractivity contribution in [3.05, 3.63) is 126 Å². The summed E-state index contributed by atoms with van der Waals surface area (Å²) in [5.41, 5.74) is 3.37. The minimum Gasteiger partial charge on any atom is -0.493 e. The Balaban J connectivity index is 0.912. The van der Waals surface area contributed by atoms with Crippen molar-refractivity contribution in [3.63, 3.8) is 0 Å². The van der Waals surface area contributed by atoms with Crippen molar-refractivity contribution in [1.82, 2.24) is 19.5 Å². The minimum absolute atomic E-state index is 0.0302. The molecular formula is C39H41F2N7O5S. The number of carbonyl (C=O) groups excluding carboxylic acids is 1. The number of halogens is 2. The van der Waals surface area contributed by atoms with Gasteiger partial charge in [0, 0.05) is 66.4 Å². The SMILES string of the molecule is CNS(=O)(=O)c1ccc(NC(=O)c2ccc(N3CCN(c4ccc(OC[C@@H]5CO[C@@](Cn6cncn6)(c6ccc(F)cc6F)C5)c(C)c4)CC3)cc2)cc1. The van der Waals surface area contributed by atoms with Crippen molar-refractivity contribution in [2.75, 3.05) is 61.6 Å². The van der Waals surface area contributed by atoms with E-state index in [9.17, 15) is 17.6 Å². The second-order valence-electron chi connectivity index (χ2n) is 13.6. The van der Waals surface area contributed by atoms with Crippen molar-refractivity contribution in [2.24, 2.45) is 5.92 Å². The maximum atomic E-state index is 15.0. The summed E-state index contributed by atoms with van der Waals surface area (Å²) < 4.78 is 69.1. The molecule has 1 amide bonds. The van der Waals surface area contributed by atoms with Gasteiger partial charge in [0.05, 0.1) is 24.7 Å². The first kappa shape index (κ1) is 37.0. The number of hydrogen-bond donors (Lipinski definition) is 2. The molecule has 0 bridgehead atoms. The third-order valence-electron chi connectivity index (χ3n) is 9.98. The highest BCUT2D eigenvalue weighted by Crippen LogP contribution is 2.42. The lowest BCUT2D eigenvalue weighted by Gasteiger charge is -2.37. The molecule has 5 aromatic rings. The Bertz CT molecular complexity index is 2200. The summed E-state index contributed by atoms with van der Waals surface area (Å²) in [5, 5.41) is 7.00. The average Bonchev–Trinajstić information content (AvgIpc) is 3.85. The highest BCUT2D eigenvalue weighted by Gasteiger charge is 2.44. The number of hydrogen-bond acceptors (Lipinski definition) is 9. The van der Waals surface area contributed by atoms with Crippen LogP contribution in [-0.4, -0.2) is 75.5 Å². The first-order chi connectivity index (χ1) is 26.0. The van der Waals surface area contributed by atoms with Gasteiger partial charge in [0.1, 0.15) is 35.6 Å². The number of aryl methyl sites for hydroxylation is 1. The molecule has 0 unspecified atom stereocenters. The maximum absolute atomic E-state index is 15.0. The normalized spacial score (nSPS) is 18.9. The van der Waals surface area contributed by atoms with E-state index >= 15 is 4.39 Å². The number of amides is 1. The Morgan fingerprint density at radius 2 is 1.65 bits per heavy atom. The number of anilines is 3. The zero-order valence-corrected chi connectivity index (χ0v) is 30.7. The number of rotatable bonds is 12. The van der Waals surface area contributed by atoms with E-state index in [0.717, 1.165) is 54.9 Å². The van der Waals surface area contributed by atoms with Crippen molar-refractivity contribution in [3.8, 4) is 5.75 Å². The van der Waals surface area contributed by atoms with Crippen LogP contribution >= 0.6 is 0 Å². The molecule has 2 saturated heterocycles. The van der Waals surface area contributed by atoms with Gasteiger partial charge >= 0.3 is 0 Å². The number of nitrogens with one attached hydrogen (secondary N) is 2. The summed E-state index contributed by atoms with van der Waals surface area (Å²) in [6.45, 7) is 6.21. The van der Waals surface area contributed by atoms with E-state index < -0.39 is 27.3 Å². The van der Waals surface area contributed by atoms with Crippen LogP contribution in [0, 0.1) is 24.5 Å². The summed E-state index contributed by atoms with van der Waals surface area (Å²) in [6, 6.07) is 23.2. The molecule has 2 aliphatic rings. The first-order valence-electron chi connectivity index (χ1n) is 17.6. The van der Waals surface area contributed by atoms with Gasteiger partial charge in [0.25, 0.3) is 5.91 Å². The van der Waals surface area contributed by atoms with E-state index in [0.29, 0.717) is 30.9 Å². The lowest BCUT2D eigenvalue weighted by molar-refractivity contribution is -0.0206. The van der Waals surface area contributed by atoms with Gasteiger partial charge in [-0.3, -0.25) is 4.79 Å². The van der Waals surface area contributed by atoms with Gasteiger partial charge in [-0.1, -0.05) is 6.07 Å². The van der Waals surface area contributed by atoms with Crippen LogP contribution in [0.5, 0.6) is 5.75 Å². The minimum atomic E-state index is -3.55. The fourth-order valence-electron chi connectivity index (χ4n) is 7.07. The van der Waals surface area contributed by atoms with E-state index in [4.69, 9.17) is 9.47 Å². The average molecular weight is 758 g/mol. The number of nitrogens with zero attached hydrogens (tertiary/aromatic N) is 5. The highest BCUT2D eigenvalue weighted by molar-refractivity contribution is 7.89. The lowest BCUT2D eigenvalue weighted by atomic mass is 9.87. The zero-order valence-electron chi connectivity index (χ0n) is 29.9. The molecule has 0 spiro atoms. The molecule has 0 radical (unpaired) electrons. The van der Waals surface area contributed by atoms with Crippen molar-refractivity contribution in [1.29, 1.82) is 0 Å². The van der Waals surface area contributed by atoms with Crippen LogP contribution in [-0.2, 0) is 26.9 Å². The number of carbonyl (C=O) groups is 1. The van der Waals surface area contributed by atoms with E-state index in [1.807, 2.05) is 25.1 Å². The zero-order chi connectivity index (χ0) is 37.9. The topological polar surface area (TPSA) is 131 Å². The molecule has 7 rings (SSSR count). The molecule has 1 aromatic heterocycles. The Kier molecular flexibility index (Phi) is 10.6. The lowest BCUT2D eigenvalue weighted by Crippen LogP contribution is -2.46. The van der Waals surface area contributed by atoms with Gasteiger partial charge in [-0.05, 0) is 98.8 Å². The van der Waals surface area contributed by atoms with Crippen LogP contribution in [0.2, 0.25) is 0 Å². The van der Waals surface area contributed by atoms with Gasteiger partial charge in [0.15, 0.2) is 0 Å². The van der Waals surface area contributed by atoms with E-state index in [2.05, 4.69) is 42.1 Å². The molecule has 54 heavy (non-hydrogen) atoms. The van der Waals surface area contributed by atoms with Crippen LogP contribution < -0.4 is 24.6 Å². The summed E-state index contributed by atoms with van der Waals surface area (Å²) in [6.07, 6.45) is 3.43. The molecule has 2 fully saturated rings. The summed E-state index contributed by atoms with van der Waals surface area (Å²) in [5.74, 6) is -0.852. The molecule has 15 heteroatoms. The second kappa shape index (κ2) is 15.5. The van der Waals surface area contributed by atoms with E-state index in [1.165, 1.54) is 37.6 Å². The van der Waals surface area contributed by atoms with E-state index in [-0.39, 0.29) is 28.8 Å². The largest absolute Gasteiger partial charge is 0.493 e. The molecule has 0 saturated carbocycles. The van der Waals surface area contributed by atoms with Crippen molar-refractivity contribution < 1.29 is 31.5 Å². The number of benzene rings is 4. The van der Waals surface area contributed by atoms with Crippen LogP contribution in [0.1, 0.15) is 27.9 Å². The third kappa shape index (κ3) is 8.07. The Labute approximate surface area is 312 Å². The smallest absolute Gasteiger partial charge is 0.255 e. The van der Waals surface area contributed by atoms with Gasteiger partial charge in [-0.2, -0.15) is 5.10 Å². The molecule has 4 aromatic carbocycles. The number of aromatic nitrogens is 3. The quantitative estimate of drug-likeness (QED) is 0.173. The fraction of sp³-hybridized carbons (Fsp3) is 0.308. The summed E-state index contributed by atoms with van der Waals surface area (Å²) >= 11 is 0. The van der Waals surface area contributed by atoms with E-state index in [1.54, 1.807) is 35.3 Å². The molecule has 3 heterocycles. The molecule has 12 nitrogen and oxygen atoms in total. The third-order valence-corrected chi connectivity index (χ3v) is 11.4. The van der Waals surface area contributed by atoms with Gasteiger partial charge in [-0.15, -0.1) is 0 Å². The molecule has 2 atom stereocenters. The van der Waals surface area contributed by atoms with Gasteiger partial charge in [-0.25, -0.2) is 31.6 Å². The molecule has 0 aliphatic carbocycles. The Morgan fingerprint density at radius 1 is 0.944 bits per heavy atom. The van der Waals surface area contributed by atoms with Crippen LogP contribution in [0.25, 0.3) is 0 Å². The van der Waals surface area contributed by atoms with Gasteiger partial charge < -0.3 is 24.6 Å². The fourth-order valence-corrected chi connectivity index (χ4v) is 7.80. The number of piperazine rings is 1. The standard InChI is InChI=1S/C39H41F2N7O5S/c1-27-19-33(10-14-37(27)52-22-28-21-39(53-23-28,24-48-26-43-25-44-48)35-13-5-30(40)20-36(35)41)47-17-15-46(16-18-47)32-8-3-29(4-9-32)38(49)45-31-6-11-34(12-7-31)54(50,51)42-2/h3-14,19-20,25-26,28,42H,15-18,21-24H2,1-2H3,(H,45,49)/t28-,39+/m1/s1. The van der Waals surface area contributed by atoms with Gasteiger partial charge in [0.2, 0.25) is 10.0 Å². The summed E-state index contributed by atoms with van der Waals surface area (Å²) in [4.78, 5) is 21.6. The van der Waals surface area contributed by atoms with Crippen LogP contribution in [0.4, 0.5) is 25.8 Å². The first-order valence-corrected chi connectivity index (χ1v) is 19.1. The van der Waals surface area contributed by atoms with Crippen LogP contribution in [0.3, 0.4) is 0 Å². The monoisotopic (exact) mass is 757 g/mol.